The predicted molar refractivity (Wildman–Crippen MR) is 95.0 cm³/mol. The van der Waals surface area contributed by atoms with Gasteiger partial charge in [-0.3, -0.25) is 9.69 Å². The summed E-state index contributed by atoms with van der Waals surface area (Å²) in [6.07, 6.45) is 6.69. The number of aryl methyl sites for hydroxylation is 1. The molecule has 0 saturated carbocycles. The number of hydrogen-bond acceptors (Lipinski definition) is 7. The molecule has 1 unspecified atom stereocenters. The molecular formula is C15H21N5O3S2. The molecule has 25 heavy (non-hydrogen) atoms. The summed E-state index contributed by atoms with van der Waals surface area (Å²) in [5.74, 6) is -0.489. The second-order valence-electron chi connectivity index (χ2n) is 6.01. The van der Waals surface area contributed by atoms with Gasteiger partial charge in [-0.1, -0.05) is 37.9 Å². The number of carboxylic acid groups (broad SMARTS) is 1. The maximum absolute atomic E-state index is 11.6. The van der Waals surface area contributed by atoms with Gasteiger partial charge >= 0.3 is 5.97 Å². The van der Waals surface area contributed by atoms with E-state index in [1.165, 1.54) is 29.5 Å². The van der Waals surface area contributed by atoms with Crippen LogP contribution in [0.1, 0.15) is 39.0 Å². The van der Waals surface area contributed by atoms with Crippen molar-refractivity contribution >= 4 is 35.4 Å². The molecule has 1 aromatic rings. The maximum atomic E-state index is 11.6. The molecule has 3 rings (SSSR count). The molecular weight excluding hydrogens is 362 g/mol. The first-order valence-electron chi connectivity index (χ1n) is 8.41. The van der Waals surface area contributed by atoms with Gasteiger partial charge in [-0.2, -0.15) is 0 Å². The maximum Gasteiger partial charge on any atom is 0.352 e. The number of unbranched alkanes of at least 4 members (excludes halogenated alkanes) is 3. The molecule has 10 heteroatoms. The van der Waals surface area contributed by atoms with Gasteiger partial charge in [0.25, 0.3) is 0 Å². The summed E-state index contributed by atoms with van der Waals surface area (Å²) in [5.41, 5.74) is 0.102. The number of thioether (sulfide) groups is 2. The topological polar surface area (TPSA) is 101 Å². The highest BCUT2D eigenvalue weighted by Gasteiger charge is 2.45. The van der Waals surface area contributed by atoms with E-state index in [0.717, 1.165) is 24.5 Å². The molecule has 0 spiro atoms. The lowest BCUT2D eigenvalue weighted by atomic mass is 10.1. The van der Waals surface area contributed by atoms with Gasteiger partial charge in [-0.25, -0.2) is 9.48 Å². The number of nitrogens with zero attached hydrogens (tertiary/aromatic N) is 5. The molecule has 3 heterocycles. The third kappa shape index (κ3) is 4.17. The molecule has 1 saturated heterocycles. The number of tetrazole rings is 1. The van der Waals surface area contributed by atoms with Crippen LogP contribution in [0.2, 0.25) is 0 Å². The highest BCUT2D eigenvalue weighted by molar-refractivity contribution is 8.03. The van der Waals surface area contributed by atoms with Gasteiger partial charge in [-0.05, 0) is 22.9 Å². The van der Waals surface area contributed by atoms with Gasteiger partial charge in [0.15, 0.2) is 0 Å². The van der Waals surface area contributed by atoms with E-state index in [9.17, 15) is 14.7 Å². The molecule has 0 radical (unpaired) electrons. The van der Waals surface area contributed by atoms with Crippen LogP contribution in [0, 0.1) is 0 Å². The van der Waals surface area contributed by atoms with E-state index >= 15 is 0 Å². The van der Waals surface area contributed by atoms with Crippen molar-refractivity contribution in [3.8, 4) is 0 Å². The van der Waals surface area contributed by atoms with Crippen molar-refractivity contribution in [2.24, 2.45) is 0 Å². The summed E-state index contributed by atoms with van der Waals surface area (Å²) >= 11 is 3.16. The molecule has 1 aromatic heterocycles. The Morgan fingerprint density at radius 2 is 2.28 bits per heavy atom. The summed E-state index contributed by atoms with van der Waals surface area (Å²) in [7, 11) is 0. The molecule has 1 fully saturated rings. The number of aromatic nitrogens is 4. The van der Waals surface area contributed by atoms with E-state index in [1.54, 1.807) is 17.8 Å². The van der Waals surface area contributed by atoms with Crippen LogP contribution in [0.25, 0.3) is 0 Å². The SMILES string of the molecule is CCCCCCn1nnnc1SCC1C=C(C(=O)O)N2C(=O)C[C@H]2S1. The van der Waals surface area contributed by atoms with Crippen molar-refractivity contribution in [3.63, 3.8) is 0 Å². The molecule has 136 valence electrons. The van der Waals surface area contributed by atoms with Crippen molar-refractivity contribution in [2.45, 2.75) is 61.4 Å². The Morgan fingerprint density at radius 3 is 3.00 bits per heavy atom. The van der Waals surface area contributed by atoms with Gasteiger partial charge in [0.05, 0.1) is 11.8 Å². The number of rotatable bonds is 9. The Morgan fingerprint density at radius 1 is 1.44 bits per heavy atom. The first-order chi connectivity index (χ1) is 12.1. The summed E-state index contributed by atoms with van der Waals surface area (Å²) in [4.78, 5) is 24.4. The van der Waals surface area contributed by atoms with E-state index in [1.807, 2.05) is 4.68 Å². The van der Waals surface area contributed by atoms with Crippen LogP contribution in [-0.2, 0) is 16.1 Å². The fraction of sp³-hybridized carbons (Fsp3) is 0.667. The number of carbonyl (C=O) groups is 2. The van der Waals surface area contributed by atoms with Crippen LogP contribution in [0.3, 0.4) is 0 Å². The van der Waals surface area contributed by atoms with Crippen LogP contribution >= 0.6 is 23.5 Å². The minimum absolute atomic E-state index is 0.0238. The average molecular weight is 383 g/mol. The first-order valence-corrected chi connectivity index (χ1v) is 10.3. The van der Waals surface area contributed by atoms with Crippen molar-refractivity contribution in [3.05, 3.63) is 11.8 Å². The molecule has 1 N–H and O–H groups in total. The molecule has 0 aromatic carbocycles. The Hall–Kier alpha value is -1.55. The van der Waals surface area contributed by atoms with Crippen molar-refractivity contribution in [1.29, 1.82) is 0 Å². The molecule has 2 atom stereocenters. The highest BCUT2D eigenvalue weighted by Crippen LogP contribution is 2.41. The van der Waals surface area contributed by atoms with Gasteiger partial charge < -0.3 is 5.11 Å². The van der Waals surface area contributed by atoms with E-state index in [4.69, 9.17) is 0 Å². The molecule has 0 aliphatic carbocycles. The van der Waals surface area contributed by atoms with Gasteiger partial charge in [-0.15, -0.1) is 16.9 Å². The summed E-state index contributed by atoms with van der Waals surface area (Å²) < 4.78 is 1.81. The molecule has 2 aliphatic rings. The zero-order valence-electron chi connectivity index (χ0n) is 14.0. The van der Waals surface area contributed by atoms with E-state index in [2.05, 4.69) is 22.4 Å². The molecule has 2 aliphatic heterocycles. The monoisotopic (exact) mass is 383 g/mol. The Balaban J connectivity index is 1.57. The van der Waals surface area contributed by atoms with E-state index in [0.29, 0.717) is 12.2 Å². The van der Waals surface area contributed by atoms with Crippen molar-refractivity contribution < 1.29 is 14.7 Å². The number of fused-ring (bicyclic) bond motifs is 1. The number of aliphatic carboxylic acids is 1. The smallest absolute Gasteiger partial charge is 0.352 e. The third-order valence-corrected chi connectivity index (χ3v) is 6.79. The first kappa shape index (κ1) is 18.2. The third-order valence-electron chi connectivity index (χ3n) is 4.16. The van der Waals surface area contributed by atoms with Crippen LogP contribution < -0.4 is 0 Å². The standard InChI is InChI=1S/C15H21N5O3S2/c1-2-3-4-5-6-19-15(16-17-18-19)24-9-10-7-11(14(22)23)20-12(21)8-13(20)25-10/h7,10,13H,2-6,8-9H2,1H3,(H,22,23)/t10?,13-/m1/s1. The minimum atomic E-state index is -1.05. The summed E-state index contributed by atoms with van der Waals surface area (Å²) in [6.45, 7) is 2.98. The zero-order chi connectivity index (χ0) is 17.8. The lowest BCUT2D eigenvalue weighted by Crippen LogP contribution is -2.54. The lowest BCUT2D eigenvalue weighted by Gasteiger charge is -2.44. The molecule has 1 amide bonds. The average Bonchev–Trinajstić information content (AvgIpc) is 3.02. The van der Waals surface area contributed by atoms with Crippen molar-refractivity contribution in [2.75, 3.05) is 5.75 Å². The molecule has 0 bridgehead atoms. The number of hydrogen-bond donors (Lipinski definition) is 1. The van der Waals surface area contributed by atoms with Gasteiger partial charge in [0.2, 0.25) is 11.1 Å². The quantitative estimate of drug-likeness (QED) is 0.392. The second-order valence-corrected chi connectivity index (χ2v) is 8.42. The number of β-lactam (4-membered cyclic amide) rings is 1. The predicted octanol–water partition coefficient (Wildman–Crippen LogP) is 1.99. The molecule has 8 nitrogen and oxygen atoms in total. The van der Waals surface area contributed by atoms with E-state index in [-0.39, 0.29) is 22.2 Å². The zero-order valence-corrected chi connectivity index (χ0v) is 15.6. The summed E-state index contributed by atoms with van der Waals surface area (Å²) in [6, 6.07) is 0. The Kier molecular flexibility index (Phi) is 6.00. The Labute approximate surface area is 154 Å². The minimum Gasteiger partial charge on any atom is -0.477 e. The fourth-order valence-electron chi connectivity index (χ4n) is 2.83. The fourth-order valence-corrected chi connectivity index (χ4v) is 5.33. The lowest BCUT2D eigenvalue weighted by molar-refractivity contribution is -0.146. The number of carbonyl (C=O) groups excluding carboxylic acids is 1. The Bertz CT molecular complexity index is 678. The largest absolute Gasteiger partial charge is 0.477 e. The normalized spacial score (nSPS) is 22.4. The number of amides is 1. The van der Waals surface area contributed by atoms with Crippen molar-refractivity contribution in [1.82, 2.24) is 25.1 Å². The summed E-state index contributed by atoms with van der Waals surface area (Å²) in [5, 5.41) is 21.9. The van der Waals surface area contributed by atoms with E-state index < -0.39 is 5.97 Å². The van der Waals surface area contributed by atoms with Crippen LogP contribution in [0.5, 0.6) is 0 Å². The second kappa shape index (κ2) is 8.22. The number of carboxylic acids is 1. The van der Waals surface area contributed by atoms with Gasteiger partial charge in [0, 0.05) is 17.5 Å². The van der Waals surface area contributed by atoms with Gasteiger partial charge in [0.1, 0.15) is 5.70 Å². The highest BCUT2D eigenvalue weighted by atomic mass is 32.2. The van der Waals surface area contributed by atoms with Crippen LogP contribution in [-0.4, -0.2) is 58.5 Å². The van der Waals surface area contributed by atoms with Crippen LogP contribution in [0.4, 0.5) is 0 Å². The van der Waals surface area contributed by atoms with Crippen LogP contribution in [0.15, 0.2) is 16.9 Å².